The second-order valence-electron chi connectivity index (χ2n) is 6.77. The van der Waals surface area contributed by atoms with Crippen molar-refractivity contribution in [2.75, 3.05) is 32.5 Å². The Hall–Kier alpha value is -3.45. The molecule has 0 atom stereocenters. The predicted octanol–water partition coefficient (Wildman–Crippen LogP) is 3.09. The van der Waals surface area contributed by atoms with Crippen molar-refractivity contribution in [3.8, 4) is 5.75 Å². The summed E-state index contributed by atoms with van der Waals surface area (Å²) in [5, 5.41) is 6.02. The zero-order valence-corrected chi connectivity index (χ0v) is 16.6. The number of nitrogens with one attached hydrogen (secondary N) is 2. The van der Waals surface area contributed by atoms with Gasteiger partial charge in [0.1, 0.15) is 30.2 Å². The molecule has 0 saturated heterocycles. The zero-order chi connectivity index (χ0) is 20.5. The van der Waals surface area contributed by atoms with E-state index >= 15 is 0 Å². The molecule has 29 heavy (non-hydrogen) atoms. The number of amides is 1. The molecule has 150 valence electrons. The van der Waals surface area contributed by atoms with E-state index in [4.69, 9.17) is 4.74 Å². The minimum atomic E-state index is -0.220. The summed E-state index contributed by atoms with van der Waals surface area (Å²) in [5.41, 5.74) is 2.28. The molecule has 3 aromatic rings. The Balaban J connectivity index is 1.55. The van der Waals surface area contributed by atoms with Crippen LogP contribution in [0.15, 0.2) is 67.0 Å². The van der Waals surface area contributed by atoms with Crippen molar-refractivity contribution in [2.45, 2.75) is 6.61 Å². The van der Waals surface area contributed by atoms with Crippen LogP contribution in [0.5, 0.6) is 5.75 Å². The first-order valence-corrected chi connectivity index (χ1v) is 9.39. The van der Waals surface area contributed by atoms with Crippen molar-refractivity contribution in [3.05, 3.63) is 78.2 Å². The topological polar surface area (TPSA) is 79.4 Å². The van der Waals surface area contributed by atoms with E-state index in [1.807, 2.05) is 73.6 Å². The summed E-state index contributed by atoms with van der Waals surface area (Å²) in [6.45, 7) is 1.84. The quantitative estimate of drug-likeness (QED) is 0.584. The van der Waals surface area contributed by atoms with Gasteiger partial charge in [0.15, 0.2) is 0 Å². The van der Waals surface area contributed by atoms with Gasteiger partial charge in [-0.05, 0) is 43.9 Å². The Kier molecular flexibility index (Phi) is 7.13. The third-order valence-electron chi connectivity index (χ3n) is 4.12. The number of anilines is 2. The van der Waals surface area contributed by atoms with Gasteiger partial charge >= 0.3 is 0 Å². The van der Waals surface area contributed by atoms with Gasteiger partial charge in [0.2, 0.25) is 0 Å². The summed E-state index contributed by atoms with van der Waals surface area (Å²) < 4.78 is 5.79. The first-order chi connectivity index (χ1) is 14.1. The number of aromatic nitrogens is 2. The summed E-state index contributed by atoms with van der Waals surface area (Å²) >= 11 is 0. The van der Waals surface area contributed by atoms with Gasteiger partial charge in [-0.3, -0.25) is 4.79 Å². The Labute approximate surface area is 170 Å². The normalized spacial score (nSPS) is 10.6. The minimum Gasteiger partial charge on any atom is -0.489 e. The Morgan fingerprint density at radius 3 is 2.52 bits per heavy atom. The van der Waals surface area contributed by atoms with E-state index in [0.29, 0.717) is 24.7 Å². The molecule has 1 amide bonds. The van der Waals surface area contributed by atoms with Gasteiger partial charge in [0.25, 0.3) is 5.91 Å². The number of hydrogen-bond acceptors (Lipinski definition) is 6. The summed E-state index contributed by atoms with van der Waals surface area (Å²) in [5.74, 6) is 1.11. The van der Waals surface area contributed by atoms with E-state index in [1.54, 1.807) is 6.07 Å². The van der Waals surface area contributed by atoms with E-state index in [2.05, 4.69) is 20.6 Å². The first kappa shape index (κ1) is 20.3. The summed E-state index contributed by atoms with van der Waals surface area (Å²) in [6.07, 6.45) is 1.38. The second kappa shape index (κ2) is 10.2. The smallest absolute Gasteiger partial charge is 0.270 e. The maximum absolute atomic E-state index is 12.2. The van der Waals surface area contributed by atoms with Crippen LogP contribution in [0.1, 0.15) is 16.1 Å². The van der Waals surface area contributed by atoms with Crippen LogP contribution in [0.2, 0.25) is 0 Å². The maximum atomic E-state index is 12.2. The third kappa shape index (κ3) is 6.58. The van der Waals surface area contributed by atoms with Gasteiger partial charge in [-0.2, -0.15) is 0 Å². The van der Waals surface area contributed by atoms with Gasteiger partial charge in [-0.1, -0.05) is 30.3 Å². The molecule has 1 heterocycles. The molecule has 0 radical (unpaired) electrons. The predicted molar refractivity (Wildman–Crippen MR) is 113 cm³/mol. The van der Waals surface area contributed by atoms with Gasteiger partial charge < -0.3 is 20.3 Å². The lowest BCUT2D eigenvalue weighted by molar-refractivity contribution is 0.0946. The molecular formula is C22H25N5O2. The van der Waals surface area contributed by atoms with Crippen LogP contribution in [0, 0.1) is 0 Å². The van der Waals surface area contributed by atoms with Crippen LogP contribution >= 0.6 is 0 Å². The van der Waals surface area contributed by atoms with E-state index in [-0.39, 0.29) is 5.91 Å². The molecule has 0 fully saturated rings. The number of rotatable bonds is 9. The van der Waals surface area contributed by atoms with Crippen LogP contribution in [0.3, 0.4) is 0 Å². The van der Waals surface area contributed by atoms with Crippen molar-refractivity contribution < 1.29 is 9.53 Å². The molecule has 2 aromatic carbocycles. The van der Waals surface area contributed by atoms with E-state index in [9.17, 15) is 4.79 Å². The van der Waals surface area contributed by atoms with E-state index in [0.717, 1.165) is 23.5 Å². The fourth-order valence-electron chi connectivity index (χ4n) is 2.56. The first-order valence-electron chi connectivity index (χ1n) is 9.39. The number of likely N-dealkylation sites (N-methyl/N-ethyl adjacent to an activating group) is 1. The molecule has 0 saturated carbocycles. The van der Waals surface area contributed by atoms with Gasteiger partial charge in [-0.15, -0.1) is 0 Å². The lowest BCUT2D eigenvalue weighted by Crippen LogP contribution is -2.31. The van der Waals surface area contributed by atoms with E-state index in [1.165, 1.54) is 6.33 Å². The Bertz CT molecular complexity index is 914. The van der Waals surface area contributed by atoms with Gasteiger partial charge in [0, 0.05) is 24.8 Å². The highest BCUT2D eigenvalue weighted by molar-refractivity contribution is 5.92. The average Bonchev–Trinajstić information content (AvgIpc) is 2.74. The lowest BCUT2D eigenvalue weighted by Gasteiger charge is -2.11. The van der Waals surface area contributed by atoms with Crippen LogP contribution in [-0.4, -0.2) is 48.0 Å². The standard InChI is InChI=1S/C22H25N5O2/c1-27(2)13-12-23-22(28)20-14-21(25-16-24-20)26-18-8-10-19(11-9-18)29-15-17-6-4-3-5-7-17/h3-11,14,16H,12-13,15H2,1-2H3,(H,23,28)(H,24,25,26). The van der Waals surface area contributed by atoms with Gasteiger partial charge in [-0.25, -0.2) is 9.97 Å². The highest BCUT2D eigenvalue weighted by atomic mass is 16.5. The molecule has 0 aliphatic carbocycles. The molecule has 0 bridgehead atoms. The molecule has 0 spiro atoms. The van der Waals surface area contributed by atoms with Crippen LogP contribution in [-0.2, 0) is 6.61 Å². The number of carbonyl (C=O) groups is 1. The highest BCUT2D eigenvalue weighted by Gasteiger charge is 2.08. The number of carbonyl (C=O) groups excluding carboxylic acids is 1. The minimum absolute atomic E-state index is 0.220. The summed E-state index contributed by atoms with van der Waals surface area (Å²) in [6, 6.07) is 19.2. The molecule has 2 N–H and O–H groups in total. The molecule has 7 heteroatoms. The average molecular weight is 391 g/mol. The lowest BCUT2D eigenvalue weighted by atomic mass is 10.2. The fourth-order valence-corrected chi connectivity index (χ4v) is 2.56. The number of ether oxygens (including phenoxy) is 1. The summed E-state index contributed by atoms with van der Waals surface area (Å²) in [7, 11) is 3.91. The largest absolute Gasteiger partial charge is 0.489 e. The highest BCUT2D eigenvalue weighted by Crippen LogP contribution is 2.20. The van der Waals surface area contributed by atoms with Crippen molar-refractivity contribution >= 4 is 17.4 Å². The van der Waals surface area contributed by atoms with Crippen LogP contribution in [0.25, 0.3) is 0 Å². The fraction of sp³-hybridized carbons (Fsp3) is 0.227. The van der Waals surface area contributed by atoms with Crippen LogP contribution < -0.4 is 15.4 Å². The monoisotopic (exact) mass is 391 g/mol. The molecule has 3 rings (SSSR count). The second-order valence-corrected chi connectivity index (χ2v) is 6.77. The number of nitrogens with zero attached hydrogens (tertiary/aromatic N) is 3. The molecule has 7 nitrogen and oxygen atoms in total. The maximum Gasteiger partial charge on any atom is 0.270 e. The van der Waals surface area contributed by atoms with Crippen molar-refractivity contribution in [3.63, 3.8) is 0 Å². The zero-order valence-electron chi connectivity index (χ0n) is 16.6. The Morgan fingerprint density at radius 2 is 1.79 bits per heavy atom. The molecule has 0 aliphatic heterocycles. The van der Waals surface area contributed by atoms with Crippen molar-refractivity contribution in [1.29, 1.82) is 0 Å². The molecular weight excluding hydrogens is 366 g/mol. The number of hydrogen-bond donors (Lipinski definition) is 2. The molecule has 0 unspecified atom stereocenters. The Morgan fingerprint density at radius 1 is 1.03 bits per heavy atom. The number of benzene rings is 2. The van der Waals surface area contributed by atoms with E-state index < -0.39 is 0 Å². The van der Waals surface area contributed by atoms with Crippen molar-refractivity contribution in [2.24, 2.45) is 0 Å². The molecule has 0 aliphatic rings. The summed E-state index contributed by atoms with van der Waals surface area (Å²) in [4.78, 5) is 22.4. The van der Waals surface area contributed by atoms with Gasteiger partial charge in [0.05, 0.1) is 0 Å². The molecule has 1 aromatic heterocycles. The SMILES string of the molecule is CN(C)CCNC(=O)c1cc(Nc2ccc(OCc3ccccc3)cc2)ncn1. The van der Waals surface area contributed by atoms with Crippen LogP contribution in [0.4, 0.5) is 11.5 Å². The third-order valence-corrected chi connectivity index (χ3v) is 4.12. The van der Waals surface area contributed by atoms with Crippen molar-refractivity contribution in [1.82, 2.24) is 20.2 Å².